The average molecular weight is 399 g/mol. The van der Waals surface area contributed by atoms with Crippen LogP contribution in [0.25, 0.3) is 0 Å². The van der Waals surface area contributed by atoms with Crippen molar-refractivity contribution in [1.82, 2.24) is 20.1 Å². The molecule has 0 saturated heterocycles. The third-order valence-electron chi connectivity index (χ3n) is 5.71. The Kier molecular flexibility index (Phi) is 6.64. The molecule has 9 heteroatoms. The molecule has 29 heavy (non-hydrogen) atoms. The van der Waals surface area contributed by atoms with E-state index < -0.39 is 0 Å². The quantitative estimate of drug-likeness (QED) is 0.689. The molecule has 1 aliphatic carbocycles. The molecule has 0 aromatic carbocycles. The van der Waals surface area contributed by atoms with Gasteiger partial charge in [0.05, 0.1) is 6.20 Å². The zero-order valence-electron chi connectivity index (χ0n) is 17.5. The highest BCUT2D eigenvalue weighted by Gasteiger charge is 2.34. The maximum Gasteiger partial charge on any atom is 0.228 e. The number of hydrogen-bond acceptors (Lipinski definition) is 9. The van der Waals surface area contributed by atoms with E-state index in [0.717, 1.165) is 19.3 Å². The van der Waals surface area contributed by atoms with Crippen LogP contribution in [0.4, 0.5) is 11.8 Å². The van der Waals surface area contributed by atoms with Crippen LogP contribution in [-0.4, -0.2) is 39.8 Å². The van der Waals surface area contributed by atoms with Crippen molar-refractivity contribution in [3.63, 3.8) is 0 Å². The number of anilines is 2. The molecule has 1 aliphatic rings. The number of hydrogen-bond donors (Lipinski definition) is 2. The Morgan fingerprint density at radius 1 is 1.34 bits per heavy atom. The van der Waals surface area contributed by atoms with Crippen LogP contribution < -0.4 is 10.6 Å². The fourth-order valence-electron chi connectivity index (χ4n) is 3.62. The van der Waals surface area contributed by atoms with Crippen molar-refractivity contribution in [3.05, 3.63) is 23.5 Å². The van der Waals surface area contributed by atoms with Gasteiger partial charge in [-0.05, 0) is 30.6 Å². The van der Waals surface area contributed by atoms with Gasteiger partial charge in [-0.3, -0.25) is 0 Å². The molecular formula is C20H29N7O2. The zero-order valence-corrected chi connectivity index (χ0v) is 17.5. The van der Waals surface area contributed by atoms with E-state index in [1.165, 1.54) is 0 Å². The summed E-state index contributed by atoms with van der Waals surface area (Å²) in [5, 5.41) is 19.9. The predicted molar refractivity (Wildman–Crippen MR) is 108 cm³/mol. The number of nitrogens with one attached hydrogen (secondary N) is 2. The summed E-state index contributed by atoms with van der Waals surface area (Å²) in [4.78, 5) is 13.0. The molecule has 0 amide bonds. The normalized spacial score (nSPS) is 20.8. The average Bonchev–Trinajstić information content (AvgIpc) is 3.12. The van der Waals surface area contributed by atoms with Crippen molar-refractivity contribution in [2.24, 2.45) is 11.3 Å². The van der Waals surface area contributed by atoms with Gasteiger partial charge in [0, 0.05) is 26.1 Å². The molecule has 0 aliphatic heterocycles. The summed E-state index contributed by atoms with van der Waals surface area (Å²) in [6, 6.07) is 2.48. The van der Waals surface area contributed by atoms with Crippen molar-refractivity contribution in [3.8, 4) is 6.07 Å². The summed E-state index contributed by atoms with van der Waals surface area (Å²) >= 11 is 0. The maximum absolute atomic E-state index is 9.43. The minimum atomic E-state index is 0.266. The number of nitrogens with zero attached hydrogens (tertiary/aromatic N) is 5. The summed E-state index contributed by atoms with van der Waals surface area (Å²) in [7, 11) is 1.58. The first-order chi connectivity index (χ1) is 13.9. The van der Waals surface area contributed by atoms with E-state index in [9.17, 15) is 5.26 Å². The molecule has 2 atom stereocenters. The Morgan fingerprint density at radius 2 is 2.17 bits per heavy atom. The first-order valence-corrected chi connectivity index (χ1v) is 9.99. The molecule has 0 unspecified atom stereocenters. The van der Waals surface area contributed by atoms with Crippen molar-refractivity contribution in [1.29, 1.82) is 5.26 Å². The monoisotopic (exact) mass is 399 g/mol. The van der Waals surface area contributed by atoms with Crippen molar-refractivity contribution < 1.29 is 9.26 Å². The molecular weight excluding hydrogens is 370 g/mol. The number of aromatic nitrogens is 4. The Bertz CT molecular complexity index is 859. The zero-order chi connectivity index (χ0) is 20.9. The second-order valence-electron chi connectivity index (χ2n) is 8.29. The summed E-state index contributed by atoms with van der Waals surface area (Å²) in [6.07, 6.45) is 5.38. The van der Waals surface area contributed by atoms with Crippen LogP contribution in [0.3, 0.4) is 0 Å². The summed E-state index contributed by atoms with van der Waals surface area (Å²) in [6.45, 7) is 7.78. The minimum absolute atomic E-state index is 0.266. The molecule has 2 N–H and O–H groups in total. The highest BCUT2D eigenvalue weighted by Crippen LogP contribution is 2.41. The molecule has 1 fully saturated rings. The van der Waals surface area contributed by atoms with Gasteiger partial charge >= 0.3 is 0 Å². The number of ether oxygens (including phenoxy) is 1. The van der Waals surface area contributed by atoms with Gasteiger partial charge in [0.25, 0.3) is 0 Å². The lowest BCUT2D eigenvalue weighted by molar-refractivity contribution is 0.143. The van der Waals surface area contributed by atoms with Gasteiger partial charge in [0.2, 0.25) is 11.8 Å². The van der Waals surface area contributed by atoms with Gasteiger partial charge in [-0.2, -0.15) is 15.2 Å². The smallest absolute Gasteiger partial charge is 0.228 e. The first-order valence-electron chi connectivity index (χ1n) is 9.99. The molecule has 9 nitrogen and oxygen atoms in total. The fraction of sp³-hybridized carbons (Fsp3) is 0.650. The largest absolute Gasteiger partial charge is 0.377 e. The Labute approximate surface area is 171 Å². The Morgan fingerprint density at radius 3 is 2.90 bits per heavy atom. The Balaban J connectivity index is 1.60. The molecule has 2 aromatic rings. The van der Waals surface area contributed by atoms with Crippen LogP contribution in [0, 0.1) is 22.7 Å². The first kappa shape index (κ1) is 21.0. The molecule has 3 rings (SSSR count). The van der Waals surface area contributed by atoms with E-state index in [2.05, 4.69) is 57.6 Å². The lowest BCUT2D eigenvalue weighted by atomic mass is 9.68. The van der Waals surface area contributed by atoms with E-state index >= 15 is 0 Å². The molecule has 1 saturated carbocycles. The topological polar surface area (TPSA) is 122 Å². The number of methoxy groups -OCH3 is 1. The molecule has 2 heterocycles. The van der Waals surface area contributed by atoms with Crippen LogP contribution in [0.5, 0.6) is 0 Å². The van der Waals surface area contributed by atoms with Crippen LogP contribution in [0.1, 0.15) is 57.3 Å². The number of rotatable bonds is 8. The van der Waals surface area contributed by atoms with Gasteiger partial charge < -0.3 is 19.9 Å². The lowest BCUT2D eigenvalue weighted by Gasteiger charge is -2.41. The standard InChI is InChI=1S/C20H29N7O2/c1-13-5-6-15(9-20(13,2)3)24-18-14(10-21)11-23-19(26-18)22-8-7-17-25-16(12-28-4)27-29-17/h11,13,15H,5-9,12H2,1-4H3,(H2,22,23,24,26)/t13-,15+/m0/s1. The van der Waals surface area contributed by atoms with Crippen LogP contribution >= 0.6 is 0 Å². The summed E-state index contributed by atoms with van der Waals surface area (Å²) in [5.74, 6) is 2.78. The van der Waals surface area contributed by atoms with E-state index in [-0.39, 0.29) is 5.41 Å². The van der Waals surface area contributed by atoms with Crippen LogP contribution in [0.2, 0.25) is 0 Å². The number of nitriles is 1. The third-order valence-corrected chi connectivity index (χ3v) is 5.71. The third kappa shape index (κ3) is 5.41. The van der Waals surface area contributed by atoms with E-state index in [0.29, 0.717) is 60.6 Å². The lowest BCUT2D eigenvalue weighted by Crippen LogP contribution is -2.37. The SMILES string of the molecule is COCc1noc(CCNc2ncc(C#N)c(N[C@@H]3CC[C@H](C)C(C)(C)C3)n2)n1. The van der Waals surface area contributed by atoms with Gasteiger partial charge in [-0.15, -0.1) is 0 Å². The van der Waals surface area contributed by atoms with Gasteiger partial charge in [0.15, 0.2) is 5.82 Å². The van der Waals surface area contributed by atoms with Crippen LogP contribution in [0.15, 0.2) is 10.7 Å². The highest BCUT2D eigenvalue weighted by atomic mass is 16.5. The second kappa shape index (κ2) is 9.18. The second-order valence-corrected chi connectivity index (χ2v) is 8.29. The molecule has 0 radical (unpaired) electrons. The predicted octanol–water partition coefficient (Wildman–Crippen LogP) is 3.16. The summed E-state index contributed by atoms with van der Waals surface area (Å²) < 4.78 is 10.1. The van der Waals surface area contributed by atoms with Crippen molar-refractivity contribution in [2.45, 2.75) is 59.1 Å². The van der Waals surface area contributed by atoms with Gasteiger partial charge in [-0.25, -0.2) is 4.98 Å². The van der Waals surface area contributed by atoms with Crippen molar-refractivity contribution in [2.75, 3.05) is 24.3 Å². The highest BCUT2D eigenvalue weighted by molar-refractivity contribution is 5.54. The molecule has 0 spiro atoms. The summed E-state index contributed by atoms with van der Waals surface area (Å²) in [5.41, 5.74) is 0.718. The van der Waals surface area contributed by atoms with Gasteiger partial charge in [-0.1, -0.05) is 25.9 Å². The Hall–Kier alpha value is -2.73. The van der Waals surface area contributed by atoms with Crippen molar-refractivity contribution >= 4 is 11.8 Å². The molecule has 0 bridgehead atoms. The van der Waals surface area contributed by atoms with E-state index in [1.54, 1.807) is 13.3 Å². The van der Waals surface area contributed by atoms with E-state index in [1.807, 2.05) is 0 Å². The molecule has 156 valence electrons. The van der Waals surface area contributed by atoms with Crippen LogP contribution in [-0.2, 0) is 17.8 Å². The fourth-order valence-corrected chi connectivity index (χ4v) is 3.62. The maximum atomic E-state index is 9.43. The van der Waals surface area contributed by atoms with E-state index in [4.69, 9.17) is 9.26 Å². The van der Waals surface area contributed by atoms with Gasteiger partial charge in [0.1, 0.15) is 24.1 Å². The minimum Gasteiger partial charge on any atom is -0.377 e. The molecule has 2 aromatic heterocycles.